The molecule has 1 heterocycles. The number of anilines is 1. The Labute approximate surface area is 123 Å². The summed E-state index contributed by atoms with van der Waals surface area (Å²) in [6.45, 7) is 6.20. The summed E-state index contributed by atoms with van der Waals surface area (Å²) in [5.41, 5.74) is 1.99. The maximum atomic E-state index is 11.4. The third kappa shape index (κ3) is 3.02. The van der Waals surface area contributed by atoms with Gasteiger partial charge in [-0.15, -0.1) is 11.3 Å². The Kier molecular flexibility index (Phi) is 4.45. The summed E-state index contributed by atoms with van der Waals surface area (Å²) in [6, 6.07) is 9.58. The first kappa shape index (κ1) is 14.6. The first-order valence-corrected chi connectivity index (χ1v) is 7.51. The SMILES string of the molecule is Cc1cccc(C(=O)O)c1NC(c1cccs1)C(C)C. The lowest BCUT2D eigenvalue weighted by Gasteiger charge is -2.24. The van der Waals surface area contributed by atoms with Crippen LogP contribution in [0.2, 0.25) is 0 Å². The van der Waals surface area contributed by atoms with E-state index in [1.165, 1.54) is 4.88 Å². The van der Waals surface area contributed by atoms with E-state index in [0.717, 1.165) is 5.56 Å². The van der Waals surface area contributed by atoms with Crippen molar-refractivity contribution in [2.75, 3.05) is 5.32 Å². The number of hydrogen-bond acceptors (Lipinski definition) is 3. The third-order valence-electron chi connectivity index (χ3n) is 3.32. The van der Waals surface area contributed by atoms with Gasteiger partial charge >= 0.3 is 5.97 Å². The minimum Gasteiger partial charge on any atom is -0.478 e. The molecule has 1 atom stereocenters. The number of aromatic carboxylic acids is 1. The van der Waals surface area contributed by atoms with Crippen LogP contribution in [0.1, 0.15) is 40.7 Å². The van der Waals surface area contributed by atoms with Crippen molar-refractivity contribution >= 4 is 23.0 Å². The number of aryl methyl sites for hydroxylation is 1. The van der Waals surface area contributed by atoms with Crippen molar-refractivity contribution in [3.05, 3.63) is 51.7 Å². The molecule has 2 rings (SSSR count). The molecule has 0 spiro atoms. The summed E-state index contributed by atoms with van der Waals surface area (Å²) >= 11 is 1.69. The van der Waals surface area contributed by atoms with Crippen LogP contribution in [0, 0.1) is 12.8 Å². The molecule has 106 valence electrons. The second-order valence-electron chi connectivity index (χ2n) is 5.18. The molecule has 2 N–H and O–H groups in total. The van der Waals surface area contributed by atoms with Gasteiger partial charge in [-0.05, 0) is 35.9 Å². The summed E-state index contributed by atoms with van der Waals surface area (Å²) in [7, 11) is 0. The van der Waals surface area contributed by atoms with Gasteiger partial charge in [-0.2, -0.15) is 0 Å². The molecule has 1 aromatic carbocycles. The van der Waals surface area contributed by atoms with Gasteiger partial charge in [0.2, 0.25) is 0 Å². The number of carboxylic acid groups (broad SMARTS) is 1. The van der Waals surface area contributed by atoms with Crippen LogP contribution in [-0.2, 0) is 0 Å². The van der Waals surface area contributed by atoms with Gasteiger partial charge in [0.05, 0.1) is 17.3 Å². The maximum Gasteiger partial charge on any atom is 0.337 e. The molecule has 0 saturated heterocycles. The molecular weight excluding hydrogens is 270 g/mol. The molecule has 3 nitrogen and oxygen atoms in total. The van der Waals surface area contributed by atoms with Crippen LogP contribution in [0.25, 0.3) is 0 Å². The van der Waals surface area contributed by atoms with Crippen molar-refractivity contribution in [2.45, 2.75) is 26.8 Å². The van der Waals surface area contributed by atoms with Gasteiger partial charge in [0.1, 0.15) is 0 Å². The zero-order chi connectivity index (χ0) is 14.7. The Hall–Kier alpha value is -1.81. The van der Waals surface area contributed by atoms with Crippen LogP contribution in [0.3, 0.4) is 0 Å². The molecule has 0 aliphatic heterocycles. The van der Waals surface area contributed by atoms with Gasteiger partial charge < -0.3 is 10.4 Å². The standard InChI is InChI=1S/C16H19NO2S/c1-10(2)14(13-8-5-9-20-13)17-15-11(3)6-4-7-12(15)16(18)19/h4-10,14,17H,1-3H3,(H,18,19). The molecule has 0 fully saturated rings. The van der Waals surface area contributed by atoms with E-state index < -0.39 is 5.97 Å². The van der Waals surface area contributed by atoms with Crippen molar-refractivity contribution in [1.82, 2.24) is 0 Å². The van der Waals surface area contributed by atoms with Crippen molar-refractivity contribution in [3.8, 4) is 0 Å². The maximum absolute atomic E-state index is 11.4. The fourth-order valence-electron chi connectivity index (χ4n) is 2.23. The van der Waals surface area contributed by atoms with Gasteiger partial charge in [0.25, 0.3) is 0 Å². The summed E-state index contributed by atoms with van der Waals surface area (Å²) in [6.07, 6.45) is 0. The van der Waals surface area contributed by atoms with Crippen LogP contribution >= 0.6 is 11.3 Å². The minimum atomic E-state index is -0.898. The van der Waals surface area contributed by atoms with Gasteiger partial charge in [-0.1, -0.05) is 32.0 Å². The van der Waals surface area contributed by atoms with E-state index in [1.54, 1.807) is 23.5 Å². The third-order valence-corrected chi connectivity index (χ3v) is 4.27. The Balaban J connectivity index is 2.39. The van der Waals surface area contributed by atoms with Crippen LogP contribution in [0.15, 0.2) is 35.7 Å². The number of carbonyl (C=O) groups is 1. The Morgan fingerprint density at radius 3 is 2.55 bits per heavy atom. The largest absolute Gasteiger partial charge is 0.478 e. The highest BCUT2D eigenvalue weighted by Gasteiger charge is 2.20. The van der Waals surface area contributed by atoms with Crippen LogP contribution in [0.5, 0.6) is 0 Å². The van der Waals surface area contributed by atoms with E-state index in [1.807, 2.05) is 24.4 Å². The summed E-state index contributed by atoms with van der Waals surface area (Å²) in [5, 5.41) is 14.8. The molecule has 1 unspecified atom stereocenters. The molecule has 20 heavy (non-hydrogen) atoms. The van der Waals surface area contributed by atoms with E-state index in [9.17, 15) is 9.90 Å². The molecule has 0 bridgehead atoms. The van der Waals surface area contributed by atoms with Crippen molar-refractivity contribution in [1.29, 1.82) is 0 Å². The Bertz CT molecular complexity index is 591. The number of hydrogen-bond donors (Lipinski definition) is 2. The predicted molar refractivity (Wildman–Crippen MR) is 83.7 cm³/mol. The van der Waals surface area contributed by atoms with Crippen molar-refractivity contribution in [3.63, 3.8) is 0 Å². The monoisotopic (exact) mass is 289 g/mol. The van der Waals surface area contributed by atoms with E-state index in [0.29, 0.717) is 17.2 Å². The number of nitrogens with one attached hydrogen (secondary N) is 1. The second kappa shape index (κ2) is 6.09. The van der Waals surface area contributed by atoms with E-state index in [-0.39, 0.29) is 6.04 Å². The highest BCUT2D eigenvalue weighted by molar-refractivity contribution is 7.10. The molecule has 1 aromatic heterocycles. The first-order chi connectivity index (χ1) is 9.50. The lowest BCUT2D eigenvalue weighted by molar-refractivity contribution is 0.0697. The predicted octanol–water partition coefficient (Wildman–Crippen LogP) is 4.56. The molecule has 0 aliphatic rings. The van der Waals surface area contributed by atoms with E-state index in [4.69, 9.17) is 0 Å². The van der Waals surface area contributed by atoms with E-state index >= 15 is 0 Å². The molecule has 0 radical (unpaired) electrons. The average Bonchev–Trinajstić information content (AvgIpc) is 2.90. The summed E-state index contributed by atoms with van der Waals surface area (Å²) in [5.74, 6) is -0.528. The number of benzene rings is 1. The Morgan fingerprint density at radius 1 is 1.25 bits per heavy atom. The number of carboxylic acids is 1. The summed E-state index contributed by atoms with van der Waals surface area (Å²) in [4.78, 5) is 12.6. The quantitative estimate of drug-likeness (QED) is 0.848. The highest BCUT2D eigenvalue weighted by atomic mass is 32.1. The molecule has 0 aliphatic carbocycles. The zero-order valence-corrected chi connectivity index (χ0v) is 12.7. The normalized spacial score (nSPS) is 12.4. The lowest BCUT2D eigenvalue weighted by Crippen LogP contribution is -2.18. The molecule has 0 saturated carbocycles. The topological polar surface area (TPSA) is 49.3 Å². The zero-order valence-electron chi connectivity index (χ0n) is 11.9. The number of para-hydroxylation sites is 1. The fraction of sp³-hybridized carbons (Fsp3) is 0.312. The fourth-order valence-corrected chi connectivity index (χ4v) is 3.18. The van der Waals surface area contributed by atoms with E-state index in [2.05, 4.69) is 25.2 Å². The molecule has 4 heteroatoms. The second-order valence-corrected chi connectivity index (χ2v) is 6.16. The minimum absolute atomic E-state index is 0.120. The molecular formula is C16H19NO2S. The van der Waals surface area contributed by atoms with Gasteiger partial charge in [-0.25, -0.2) is 4.79 Å². The smallest absolute Gasteiger partial charge is 0.337 e. The number of rotatable bonds is 5. The molecule has 2 aromatic rings. The number of thiophene rings is 1. The molecule has 0 amide bonds. The van der Waals surface area contributed by atoms with Crippen molar-refractivity contribution < 1.29 is 9.90 Å². The van der Waals surface area contributed by atoms with Gasteiger partial charge in [-0.3, -0.25) is 0 Å². The highest BCUT2D eigenvalue weighted by Crippen LogP contribution is 2.32. The van der Waals surface area contributed by atoms with Crippen LogP contribution < -0.4 is 5.32 Å². The Morgan fingerprint density at radius 2 is 2.00 bits per heavy atom. The first-order valence-electron chi connectivity index (χ1n) is 6.63. The summed E-state index contributed by atoms with van der Waals surface area (Å²) < 4.78 is 0. The van der Waals surface area contributed by atoms with Gasteiger partial charge in [0, 0.05) is 4.88 Å². The van der Waals surface area contributed by atoms with Crippen molar-refractivity contribution in [2.24, 2.45) is 5.92 Å². The average molecular weight is 289 g/mol. The van der Waals surface area contributed by atoms with Crippen LogP contribution in [-0.4, -0.2) is 11.1 Å². The van der Waals surface area contributed by atoms with Gasteiger partial charge in [0.15, 0.2) is 0 Å². The lowest BCUT2D eigenvalue weighted by atomic mass is 10.00. The van der Waals surface area contributed by atoms with Crippen LogP contribution in [0.4, 0.5) is 5.69 Å².